The fourth-order valence-electron chi connectivity index (χ4n) is 2.92. The van der Waals surface area contributed by atoms with Crippen molar-refractivity contribution < 1.29 is 25.2 Å². The Morgan fingerprint density at radius 3 is 1.30 bits per heavy atom. The summed E-state index contributed by atoms with van der Waals surface area (Å²) < 4.78 is 5.83. The predicted octanol–water partition coefficient (Wildman–Crippen LogP) is 5.80. The molecular formula is C26H20N2O5. The maximum absolute atomic E-state index is 9.80. The zero-order valence-corrected chi connectivity index (χ0v) is 17.3. The van der Waals surface area contributed by atoms with Gasteiger partial charge in [-0.2, -0.15) is 0 Å². The lowest BCUT2D eigenvalue weighted by molar-refractivity contribution is 0.459. The van der Waals surface area contributed by atoms with Crippen molar-refractivity contribution >= 4 is 23.8 Å². The molecule has 0 heterocycles. The quantitative estimate of drug-likeness (QED) is 0.223. The summed E-state index contributed by atoms with van der Waals surface area (Å²) in [5, 5.41) is 38.6. The van der Waals surface area contributed by atoms with E-state index in [1.54, 1.807) is 48.5 Å². The van der Waals surface area contributed by atoms with E-state index in [9.17, 15) is 20.4 Å². The Balaban J connectivity index is 1.39. The molecule has 0 bridgehead atoms. The molecule has 0 radical (unpaired) electrons. The van der Waals surface area contributed by atoms with Crippen LogP contribution in [0.2, 0.25) is 0 Å². The summed E-state index contributed by atoms with van der Waals surface area (Å²) in [6.45, 7) is 0. The third-order valence-electron chi connectivity index (χ3n) is 4.64. The highest BCUT2D eigenvalue weighted by molar-refractivity contribution is 5.86. The molecular weight excluding hydrogens is 420 g/mol. The van der Waals surface area contributed by atoms with Crippen LogP contribution in [0.15, 0.2) is 94.9 Å². The fraction of sp³-hybridized carbons (Fsp3) is 0. The van der Waals surface area contributed by atoms with Gasteiger partial charge in [0.15, 0.2) is 0 Å². The first-order valence-electron chi connectivity index (χ1n) is 9.96. The highest BCUT2D eigenvalue weighted by atomic mass is 16.5. The summed E-state index contributed by atoms with van der Waals surface area (Å²) in [5.74, 6) is 1.40. The van der Waals surface area contributed by atoms with Gasteiger partial charge < -0.3 is 25.2 Å². The Kier molecular flexibility index (Phi) is 6.22. The number of phenols is 4. The van der Waals surface area contributed by atoms with Crippen molar-refractivity contribution in [3.63, 3.8) is 0 Å². The van der Waals surface area contributed by atoms with Gasteiger partial charge in [0, 0.05) is 23.6 Å². The van der Waals surface area contributed by atoms with Crippen LogP contribution in [-0.4, -0.2) is 32.9 Å². The molecule has 164 valence electrons. The number of benzene rings is 4. The number of rotatable bonds is 6. The molecule has 7 heteroatoms. The van der Waals surface area contributed by atoms with Gasteiger partial charge in [-0.1, -0.05) is 0 Å². The van der Waals surface area contributed by atoms with Crippen molar-refractivity contribution in [2.75, 3.05) is 0 Å². The molecule has 4 N–H and O–H groups in total. The second kappa shape index (κ2) is 9.57. The van der Waals surface area contributed by atoms with E-state index in [-0.39, 0.29) is 23.0 Å². The van der Waals surface area contributed by atoms with Crippen LogP contribution in [0.1, 0.15) is 11.1 Å². The highest BCUT2D eigenvalue weighted by Gasteiger charge is 2.02. The zero-order chi connectivity index (χ0) is 23.2. The van der Waals surface area contributed by atoms with Crippen LogP contribution in [0.4, 0.5) is 11.4 Å². The third-order valence-corrected chi connectivity index (χ3v) is 4.64. The molecule has 0 aliphatic heterocycles. The highest BCUT2D eigenvalue weighted by Crippen LogP contribution is 2.27. The second-order valence-electron chi connectivity index (χ2n) is 7.09. The van der Waals surface area contributed by atoms with E-state index >= 15 is 0 Å². The number of hydrogen-bond acceptors (Lipinski definition) is 7. The summed E-state index contributed by atoms with van der Waals surface area (Å²) in [6.07, 6.45) is 2.95. The molecule has 0 amide bonds. The van der Waals surface area contributed by atoms with Crippen molar-refractivity contribution in [1.82, 2.24) is 0 Å². The van der Waals surface area contributed by atoms with Crippen LogP contribution < -0.4 is 4.74 Å². The monoisotopic (exact) mass is 440 g/mol. The number of aromatic hydroxyl groups is 4. The Hall–Kier alpha value is -4.78. The Morgan fingerprint density at radius 1 is 0.515 bits per heavy atom. The van der Waals surface area contributed by atoms with Gasteiger partial charge in [-0.15, -0.1) is 0 Å². The van der Waals surface area contributed by atoms with E-state index in [0.29, 0.717) is 34.0 Å². The average Bonchev–Trinajstić information content (AvgIpc) is 2.82. The molecule has 0 fully saturated rings. The van der Waals surface area contributed by atoms with Crippen LogP contribution in [0.3, 0.4) is 0 Å². The van der Waals surface area contributed by atoms with Crippen molar-refractivity contribution in [3.8, 4) is 34.5 Å². The maximum Gasteiger partial charge on any atom is 0.127 e. The van der Waals surface area contributed by atoms with Gasteiger partial charge in [-0.05, 0) is 84.9 Å². The summed E-state index contributed by atoms with van der Waals surface area (Å²) >= 11 is 0. The van der Waals surface area contributed by atoms with E-state index in [4.69, 9.17) is 4.74 Å². The number of phenolic OH excluding ortho intramolecular Hbond substituents is 4. The van der Waals surface area contributed by atoms with Crippen molar-refractivity contribution in [2.45, 2.75) is 0 Å². The first-order chi connectivity index (χ1) is 16.0. The standard InChI is InChI=1S/C26H20N2O5/c29-21-5-11-25(31)17(13-21)15-27-19-1-7-23(8-2-19)33-24-9-3-20(4-10-24)28-16-18-14-22(30)6-12-26(18)32/h1-16,29-32H. The number of hydrogen-bond donors (Lipinski definition) is 4. The first-order valence-corrected chi connectivity index (χ1v) is 9.96. The molecule has 33 heavy (non-hydrogen) atoms. The van der Waals surface area contributed by atoms with E-state index < -0.39 is 0 Å². The first kappa shape index (κ1) is 21.5. The summed E-state index contributed by atoms with van der Waals surface area (Å²) in [4.78, 5) is 8.59. The SMILES string of the molecule is Oc1ccc(O)c(C=Nc2ccc(Oc3ccc(N=Cc4cc(O)ccc4O)cc3)cc2)c1. The lowest BCUT2D eigenvalue weighted by Gasteiger charge is -2.06. The number of aliphatic imine (C=N–C) groups is 2. The van der Waals surface area contributed by atoms with Crippen molar-refractivity contribution in [1.29, 1.82) is 0 Å². The van der Waals surface area contributed by atoms with Gasteiger partial charge >= 0.3 is 0 Å². The largest absolute Gasteiger partial charge is 0.508 e. The summed E-state index contributed by atoms with van der Waals surface area (Å²) in [7, 11) is 0. The lowest BCUT2D eigenvalue weighted by Crippen LogP contribution is -1.84. The van der Waals surface area contributed by atoms with E-state index in [1.807, 2.05) is 0 Å². The predicted molar refractivity (Wildman–Crippen MR) is 127 cm³/mol. The molecule has 4 rings (SSSR count). The molecule has 0 aliphatic carbocycles. The van der Waals surface area contributed by atoms with Crippen molar-refractivity contribution in [3.05, 3.63) is 96.1 Å². The minimum Gasteiger partial charge on any atom is -0.508 e. The molecule has 0 saturated carbocycles. The Morgan fingerprint density at radius 2 is 0.909 bits per heavy atom. The Labute approximate surface area is 189 Å². The number of nitrogens with zero attached hydrogens (tertiary/aromatic N) is 2. The van der Waals surface area contributed by atoms with Gasteiger partial charge in [0.1, 0.15) is 34.5 Å². The van der Waals surface area contributed by atoms with Crippen LogP contribution >= 0.6 is 0 Å². The molecule has 0 saturated heterocycles. The van der Waals surface area contributed by atoms with Crippen LogP contribution in [0, 0.1) is 0 Å². The smallest absolute Gasteiger partial charge is 0.127 e. The summed E-state index contributed by atoms with van der Waals surface area (Å²) in [6, 6.07) is 22.6. The topological polar surface area (TPSA) is 115 Å². The molecule has 7 nitrogen and oxygen atoms in total. The zero-order valence-electron chi connectivity index (χ0n) is 17.3. The van der Waals surface area contributed by atoms with Crippen LogP contribution in [-0.2, 0) is 0 Å². The molecule has 0 unspecified atom stereocenters. The van der Waals surface area contributed by atoms with Gasteiger partial charge in [0.05, 0.1) is 11.4 Å². The molecule has 0 aromatic heterocycles. The maximum atomic E-state index is 9.80. The van der Waals surface area contributed by atoms with Gasteiger partial charge in [0.25, 0.3) is 0 Å². The Bertz CT molecular complexity index is 1210. The molecule has 0 atom stereocenters. The van der Waals surface area contributed by atoms with Gasteiger partial charge in [-0.25, -0.2) is 0 Å². The summed E-state index contributed by atoms with van der Waals surface area (Å²) in [5.41, 5.74) is 2.14. The van der Waals surface area contributed by atoms with Gasteiger partial charge in [0.2, 0.25) is 0 Å². The van der Waals surface area contributed by atoms with Crippen LogP contribution in [0.25, 0.3) is 0 Å². The van der Waals surface area contributed by atoms with E-state index in [2.05, 4.69) is 9.98 Å². The molecule has 0 aliphatic rings. The minimum absolute atomic E-state index is 0.0306. The lowest BCUT2D eigenvalue weighted by atomic mass is 10.2. The van der Waals surface area contributed by atoms with Crippen molar-refractivity contribution in [2.24, 2.45) is 9.98 Å². The van der Waals surface area contributed by atoms with E-state index in [1.165, 1.54) is 48.8 Å². The normalized spacial score (nSPS) is 11.3. The fourth-order valence-corrected chi connectivity index (χ4v) is 2.92. The average molecular weight is 440 g/mol. The van der Waals surface area contributed by atoms with E-state index in [0.717, 1.165) is 0 Å². The third kappa shape index (κ3) is 5.68. The molecule has 0 spiro atoms. The molecule has 4 aromatic carbocycles. The second-order valence-corrected chi connectivity index (χ2v) is 7.09. The minimum atomic E-state index is 0.0306. The number of ether oxygens (including phenoxy) is 1. The van der Waals surface area contributed by atoms with Crippen LogP contribution in [0.5, 0.6) is 34.5 Å². The van der Waals surface area contributed by atoms with Gasteiger partial charge in [-0.3, -0.25) is 9.98 Å². The molecule has 4 aromatic rings.